The Bertz CT molecular complexity index is 994. The number of rotatable bonds is 4. The van der Waals surface area contributed by atoms with Crippen LogP contribution < -0.4 is 4.90 Å². The molecule has 3 aromatic rings. The van der Waals surface area contributed by atoms with Gasteiger partial charge < -0.3 is 9.80 Å². The normalized spacial score (nSPS) is 16.1. The van der Waals surface area contributed by atoms with E-state index < -0.39 is 11.7 Å². The zero-order valence-corrected chi connectivity index (χ0v) is 17.2. The predicted octanol–water partition coefficient (Wildman–Crippen LogP) is 4.55. The zero-order valence-electron chi connectivity index (χ0n) is 16.4. The number of fused-ring (bicyclic) bond motifs is 1. The molecular weight excluding hydrogens is 413 g/mol. The average Bonchev–Trinajstić information content (AvgIpc) is 3.17. The summed E-state index contributed by atoms with van der Waals surface area (Å²) in [5.74, 6) is -0.124. The topological polar surface area (TPSA) is 49.3 Å². The summed E-state index contributed by atoms with van der Waals surface area (Å²) in [4.78, 5) is 26.5. The van der Waals surface area contributed by atoms with Gasteiger partial charge in [0.25, 0.3) is 0 Å². The van der Waals surface area contributed by atoms with E-state index in [1.54, 1.807) is 17.5 Å². The largest absolute Gasteiger partial charge is 0.416 e. The van der Waals surface area contributed by atoms with Crippen molar-refractivity contribution in [2.45, 2.75) is 25.4 Å². The third-order valence-electron chi connectivity index (χ3n) is 5.35. The minimum atomic E-state index is -4.35. The zero-order chi connectivity index (χ0) is 21.3. The van der Waals surface area contributed by atoms with Crippen molar-refractivity contribution in [3.8, 4) is 0 Å². The SMILES string of the molecule is CC(CC(=O)N1CCN(c2nc3cccnc3s2)CC1)c1ccc(C(F)(F)F)cc1. The molecule has 1 saturated heterocycles. The van der Waals surface area contributed by atoms with E-state index >= 15 is 0 Å². The Balaban J connectivity index is 1.32. The third kappa shape index (κ3) is 4.40. The highest BCUT2D eigenvalue weighted by Crippen LogP contribution is 2.31. The number of benzene rings is 1. The van der Waals surface area contributed by atoms with E-state index in [1.807, 2.05) is 24.0 Å². The van der Waals surface area contributed by atoms with Gasteiger partial charge in [0.15, 0.2) is 5.13 Å². The number of thiazole rings is 1. The fourth-order valence-corrected chi connectivity index (χ4v) is 4.51. The van der Waals surface area contributed by atoms with Crippen LogP contribution >= 0.6 is 11.3 Å². The van der Waals surface area contributed by atoms with Crippen LogP contribution in [0.15, 0.2) is 42.6 Å². The lowest BCUT2D eigenvalue weighted by atomic mass is 9.96. The lowest BCUT2D eigenvalue weighted by Gasteiger charge is -2.35. The molecule has 1 aliphatic rings. The first-order valence-electron chi connectivity index (χ1n) is 9.72. The first-order chi connectivity index (χ1) is 14.3. The van der Waals surface area contributed by atoms with Crippen LogP contribution in [-0.2, 0) is 11.0 Å². The maximum atomic E-state index is 12.7. The monoisotopic (exact) mass is 434 g/mol. The molecule has 1 unspecified atom stereocenters. The van der Waals surface area contributed by atoms with Gasteiger partial charge in [-0.1, -0.05) is 30.4 Å². The molecule has 9 heteroatoms. The minimum absolute atomic E-state index is 0.0213. The molecular formula is C21H21F3N4OS. The van der Waals surface area contributed by atoms with Crippen molar-refractivity contribution in [1.29, 1.82) is 0 Å². The quantitative estimate of drug-likeness (QED) is 0.604. The summed E-state index contributed by atoms with van der Waals surface area (Å²) in [5, 5.41) is 0.911. The van der Waals surface area contributed by atoms with Crippen molar-refractivity contribution in [1.82, 2.24) is 14.9 Å². The Kier molecular flexibility index (Phi) is 5.64. The standard InChI is InChI=1S/C21H21F3N4OS/c1-14(15-4-6-16(7-5-15)21(22,23)24)13-18(29)27-9-11-28(12-10-27)20-26-17-3-2-8-25-19(17)30-20/h2-8,14H,9-13H2,1H3. The van der Waals surface area contributed by atoms with Gasteiger partial charge >= 0.3 is 6.18 Å². The van der Waals surface area contributed by atoms with E-state index in [0.717, 1.165) is 33.2 Å². The van der Waals surface area contributed by atoms with Crippen LogP contribution in [0.1, 0.15) is 30.4 Å². The molecule has 0 saturated carbocycles. The number of hydrogen-bond donors (Lipinski definition) is 0. The van der Waals surface area contributed by atoms with Crippen molar-refractivity contribution >= 4 is 32.7 Å². The molecule has 4 rings (SSSR count). The van der Waals surface area contributed by atoms with Gasteiger partial charge in [-0.15, -0.1) is 0 Å². The summed E-state index contributed by atoms with van der Waals surface area (Å²) < 4.78 is 38.1. The summed E-state index contributed by atoms with van der Waals surface area (Å²) in [6, 6.07) is 8.86. The van der Waals surface area contributed by atoms with Gasteiger partial charge in [0.1, 0.15) is 10.3 Å². The van der Waals surface area contributed by atoms with Crippen LogP contribution in [0.25, 0.3) is 10.3 Å². The average molecular weight is 434 g/mol. The maximum absolute atomic E-state index is 12.7. The molecule has 30 heavy (non-hydrogen) atoms. The molecule has 5 nitrogen and oxygen atoms in total. The Hall–Kier alpha value is -2.68. The van der Waals surface area contributed by atoms with Gasteiger partial charge in [-0.25, -0.2) is 9.97 Å². The maximum Gasteiger partial charge on any atom is 0.416 e. The lowest BCUT2D eigenvalue weighted by molar-refractivity contribution is -0.137. The van der Waals surface area contributed by atoms with Gasteiger partial charge in [-0.05, 0) is 35.7 Å². The van der Waals surface area contributed by atoms with Crippen LogP contribution in [0, 0.1) is 0 Å². The number of anilines is 1. The Morgan fingerprint density at radius 1 is 1.13 bits per heavy atom. The molecule has 3 heterocycles. The number of alkyl halides is 3. The molecule has 0 spiro atoms. The van der Waals surface area contributed by atoms with Gasteiger partial charge in [-0.3, -0.25) is 4.79 Å². The summed E-state index contributed by atoms with van der Waals surface area (Å²) >= 11 is 1.54. The van der Waals surface area contributed by atoms with E-state index in [1.165, 1.54) is 12.1 Å². The number of carbonyl (C=O) groups is 1. The number of nitrogens with zero attached hydrogens (tertiary/aromatic N) is 4. The fourth-order valence-electron chi connectivity index (χ4n) is 3.55. The molecule has 1 amide bonds. The second-order valence-electron chi connectivity index (χ2n) is 7.42. The van der Waals surface area contributed by atoms with Crippen LogP contribution in [0.3, 0.4) is 0 Å². The lowest BCUT2D eigenvalue weighted by Crippen LogP contribution is -2.49. The summed E-state index contributed by atoms with van der Waals surface area (Å²) in [6.45, 7) is 4.45. The molecule has 1 atom stereocenters. The first kappa shape index (κ1) is 20.6. The van der Waals surface area contributed by atoms with Crippen molar-refractivity contribution in [2.75, 3.05) is 31.1 Å². The van der Waals surface area contributed by atoms with Gasteiger partial charge in [0, 0.05) is 38.8 Å². The molecule has 1 aromatic carbocycles. The van der Waals surface area contributed by atoms with Crippen LogP contribution in [-0.4, -0.2) is 47.0 Å². The Labute approximate surface area is 176 Å². The Morgan fingerprint density at radius 3 is 2.47 bits per heavy atom. The predicted molar refractivity (Wildman–Crippen MR) is 111 cm³/mol. The molecule has 0 bridgehead atoms. The van der Waals surface area contributed by atoms with E-state index in [4.69, 9.17) is 0 Å². The van der Waals surface area contributed by atoms with Crippen LogP contribution in [0.5, 0.6) is 0 Å². The van der Waals surface area contributed by atoms with E-state index in [0.29, 0.717) is 26.2 Å². The number of amides is 1. The van der Waals surface area contributed by atoms with Crippen molar-refractivity contribution < 1.29 is 18.0 Å². The van der Waals surface area contributed by atoms with E-state index in [2.05, 4.69) is 14.9 Å². The number of pyridine rings is 1. The molecule has 0 aliphatic carbocycles. The number of piperazine rings is 1. The fraction of sp³-hybridized carbons (Fsp3) is 0.381. The molecule has 0 N–H and O–H groups in total. The first-order valence-corrected chi connectivity index (χ1v) is 10.5. The molecule has 1 aliphatic heterocycles. The third-order valence-corrected chi connectivity index (χ3v) is 6.39. The highest BCUT2D eigenvalue weighted by molar-refractivity contribution is 7.21. The van der Waals surface area contributed by atoms with Crippen LogP contribution in [0.2, 0.25) is 0 Å². The number of aromatic nitrogens is 2. The molecule has 2 aromatic heterocycles. The molecule has 1 fully saturated rings. The number of halogens is 3. The van der Waals surface area contributed by atoms with E-state index in [-0.39, 0.29) is 18.2 Å². The molecule has 158 valence electrons. The summed E-state index contributed by atoms with van der Waals surface area (Å²) in [6.07, 6.45) is -2.33. The van der Waals surface area contributed by atoms with E-state index in [9.17, 15) is 18.0 Å². The van der Waals surface area contributed by atoms with Gasteiger partial charge in [0.05, 0.1) is 5.56 Å². The number of carbonyl (C=O) groups excluding carboxylic acids is 1. The van der Waals surface area contributed by atoms with Crippen LogP contribution in [0.4, 0.5) is 18.3 Å². The number of hydrogen-bond acceptors (Lipinski definition) is 5. The van der Waals surface area contributed by atoms with Gasteiger partial charge in [-0.2, -0.15) is 13.2 Å². The second-order valence-corrected chi connectivity index (χ2v) is 8.37. The highest BCUT2D eigenvalue weighted by Gasteiger charge is 2.30. The summed E-state index contributed by atoms with van der Waals surface area (Å²) in [5.41, 5.74) is 0.935. The smallest absolute Gasteiger partial charge is 0.344 e. The van der Waals surface area contributed by atoms with Crippen molar-refractivity contribution in [3.05, 3.63) is 53.7 Å². The Morgan fingerprint density at radius 2 is 1.83 bits per heavy atom. The second kappa shape index (κ2) is 8.22. The van der Waals surface area contributed by atoms with Crippen molar-refractivity contribution in [2.24, 2.45) is 0 Å². The highest BCUT2D eigenvalue weighted by atomic mass is 32.1. The summed E-state index contributed by atoms with van der Waals surface area (Å²) in [7, 11) is 0. The molecule has 0 radical (unpaired) electrons. The van der Waals surface area contributed by atoms with Crippen molar-refractivity contribution in [3.63, 3.8) is 0 Å². The van der Waals surface area contributed by atoms with Gasteiger partial charge in [0.2, 0.25) is 5.91 Å². The minimum Gasteiger partial charge on any atom is -0.344 e.